The van der Waals surface area contributed by atoms with E-state index in [1.807, 2.05) is 0 Å². The van der Waals surface area contributed by atoms with Crippen LogP contribution in [0.1, 0.15) is 36.9 Å². The van der Waals surface area contributed by atoms with E-state index in [4.69, 9.17) is 0 Å². The van der Waals surface area contributed by atoms with Gasteiger partial charge in [0.15, 0.2) is 0 Å². The largest absolute Gasteiger partial charge is 0.284 e. The molecule has 1 amide bonds. The summed E-state index contributed by atoms with van der Waals surface area (Å²) in [5, 5.41) is 5.93. The van der Waals surface area contributed by atoms with E-state index in [1.165, 1.54) is 17.1 Å². The zero-order chi connectivity index (χ0) is 19.6. The van der Waals surface area contributed by atoms with E-state index in [0.29, 0.717) is 18.5 Å². The van der Waals surface area contributed by atoms with Crippen LogP contribution in [-0.2, 0) is 14.8 Å². The highest BCUT2D eigenvalue weighted by Crippen LogP contribution is 2.33. The van der Waals surface area contributed by atoms with Crippen LogP contribution < -0.4 is 4.72 Å². The van der Waals surface area contributed by atoms with Crippen LogP contribution in [0.5, 0.6) is 0 Å². The first-order valence-electron chi connectivity index (χ1n) is 8.50. The van der Waals surface area contributed by atoms with Gasteiger partial charge in [-0.15, -0.1) is 0 Å². The summed E-state index contributed by atoms with van der Waals surface area (Å²) in [6.07, 6.45) is 1.89. The second kappa shape index (κ2) is 7.48. The highest BCUT2D eigenvalue weighted by molar-refractivity contribution is 7.92. The number of hydrazone groups is 1. The standard InChI is InChI=1S/C19H20FN3O3S/c1-3-19(24)23-18(14-4-8-15(20)9-5-14)12-17(21-23)13-6-10-16(11-7-13)22-27(2,25)26/h4-11,18,22H,3,12H2,1-2H3/t18-/m0/s1. The third-order valence-corrected chi connectivity index (χ3v) is 4.85. The number of carbonyl (C=O) groups is 1. The molecule has 27 heavy (non-hydrogen) atoms. The second-order valence-corrected chi connectivity index (χ2v) is 8.11. The molecule has 142 valence electrons. The van der Waals surface area contributed by atoms with Crippen LogP contribution in [0.15, 0.2) is 53.6 Å². The van der Waals surface area contributed by atoms with Gasteiger partial charge in [-0.25, -0.2) is 17.8 Å². The first-order valence-corrected chi connectivity index (χ1v) is 10.4. The van der Waals surface area contributed by atoms with Crippen LogP contribution in [0.2, 0.25) is 0 Å². The molecule has 1 aliphatic heterocycles. The van der Waals surface area contributed by atoms with Crippen molar-refractivity contribution in [2.45, 2.75) is 25.8 Å². The molecule has 1 heterocycles. The van der Waals surface area contributed by atoms with Crippen molar-refractivity contribution in [2.24, 2.45) is 5.10 Å². The fourth-order valence-corrected chi connectivity index (χ4v) is 3.53. The molecule has 0 aliphatic carbocycles. The highest BCUT2D eigenvalue weighted by atomic mass is 32.2. The maximum atomic E-state index is 13.2. The number of amides is 1. The Morgan fingerprint density at radius 2 is 1.81 bits per heavy atom. The normalized spacial score (nSPS) is 16.9. The van der Waals surface area contributed by atoms with Gasteiger partial charge in [0.1, 0.15) is 5.82 Å². The van der Waals surface area contributed by atoms with E-state index >= 15 is 0 Å². The Kier molecular flexibility index (Phi) is 5.27. The molecule has 1 aliphatic rings. The lowest BCUT2D eigenvalue weighted by atomic mass is 9.98. The Balaban J connectivity index is 1.87. The number of anilines is 1. The smallest absolute Gasteiger partial charge is 0.242 e. The van der Waals surface area contributed by atoms with Gasteiger partial charge in [0.05, 0.1) is 18.0 Å². The highest BCUT2D eigenvalue weighted by Gasteiger charge is 2.32. The fourth-order valence-electron chi connectivity index (χ4n) is 2.97. The molecule has 0 fully saturated rings. The van der Waals surface area contributed by atoms with E-state index in [2.05, 4.69) is 9.82 Å². The summed E-state index contributed by atoms with van der Waals surface area (Å²) in [4.78, 5) is 12.3. The predicted molar refractivity (Wildman–Crippen MR) is 102 cm³/mol. The molecule has 2 aromatic rings. The molecule has 1 N–H and O–H groups in total. The lowest BCUT2D eigenvalue weighted by Gasteiger charge is -2.21. The molecule has 0 spiro atoms. The molecule has 0 radical (unpaired) electrons. The van der Waals surface area contributed by atoms with Crippen molar-refractivity contribution in [1.29, 1.82) is 0 Å². The number of hydrogen-bond donors (Lipinski definition) is 1. The molecule has 3 rings (SSSR count). The average Bonchev–Trinajstić information content (AvgIpc) is 3.06. The van der Waals surface area contributed by atoms with Crippen molar-refractivity contribution >= 4 is 27.3 Å². The van der Waals surface area contributed by atoms with Crippen molar-refractivity contribution in [3.05, 3.63) is 65.5 Å². The van der Waals surface area contributed by atoms with Gasteiger partial charge in [-0.05, 0) is 35.4 Å². The third kappa shape index (κ3) is 4.51. The lowest BCUT2D eigenvalue weighted by Crippen LogP contribution is -2.26. The summed E-state index contributed by atoms with van der Waals surface area (Å²) in [7, 11) is -3.34. The molecular formula is C19H20FN3O3S. The number of hydrogen-bond acceptors (Lipinski definition) is 4. The Hall–Kier alpha value is -2.74. The van der Waals surface area contributed by atoms with E-state index < -0.39 is 10.0 Å². The maximum absolute atomic E-state index is 13.2. The van der Waals surface area contributed by atoms with Gasteiger partial charge < -0.3 is 0 Å². The van der Waals surface area contributed by atoms with Crippen LogP contribution in [0, 0.1) is 5.82 Å². The maximum Gasteiger partial charge on any atom is 0.242 e. The van der Waals surface area contributed by atoms with Gasteiger partial charge in [-0.3, -0.25) is 9.52 Å². The number of rotatable bonds is 5. The van der Waals surface area contributed by atoms with E-state index in [9.17, 15) is 17.6 Å². The Labute approximate surface area is 157 Å². The monoisotopic (exact) mass is 389 g/mol. The number of nitrogens with zero attached hydrogens (tertiary/aromatic N) is 2. The molecule has 1 atom stereocenters. The van der Waals surface area contributed by atoms with Crippen molar-refractivity contribution in [2.75, 3.05) is 11.0 Å². The van der Waals surface area contributed by atoms with Gasteiger partial charge in [0, 0.05) is 18.5 Å². The van der Waals surface area contributed by atoms with Gasteiger partial charge >= 0.3 is 0 Å². The first kappa shape index (κ1) is 19.0. The summed E-state index contributed by atoms with van der Waals surface area (Å²) in [5.74, 6) is -0.449. The quantitative estimate of drug-likeness (QED) is 0.852. The molecule has 0 bridgehead atoms. The Morgan fingerprint density at radius 1 is 1.19 bits per heavy atom. The molecule has 2 aromatic carbocycles. The fraction of sp³-hybridized carbons (Fsp3) is 0.263. The van der Waals surface area contributed by atoms with Crippen LogP contribution >= 0.6 is 0 Å². The second-order valence-electron chi connectivity index (χ2n) is 6.36. The first-order chi connectivity index (χ1) is 12.8. The molecule has 0 unspecified atom stereocenters. The molecule has 0 saturated heterocycles. The average molecular weight is 389 g/mol. The molecule has 6 nitrogen and oxygen atoms in total. The van der Waals surface area contributed by atoms with E-state index in [-0.39, 0.29) is 17.8 Å². The number of sulfonamides is 1. The van der Waals surface area contributed by atoms with Gasteiger partial charge in [-0.2, -0.15) is 5.10 Å². The Bertz CT molecular complexity index is 970. The number of nitrogens with one attached hydrogen (secondary N) is 1. The third-order valence-electron chi connectivity index (χ3n) is 4.24. The van der Waals surface area contributed by atoms with Crippen molar-refractivity contribution in [3.63, 3.8) is 0 Å². The summed E-state index contributed by atoms with van der Waals surface area (Å²) in [6, 6.07) is 12.6. The molecule has 8 heteroatoms. The van der Waals surface area contributed by atoms with E-state index in [1.54, 1.807) is 43.3 Å². The van der Waals surface area contributed by atoms with Crippen molar-refractivity contribution in [1.82, 2.24) is 5.01 Å². The van der Waals surface area contributed by atoms with Crippen molar-refractivity contribution < 1.29 is 17.6 Å². The topological polar surface area (TPSA) is 78.8 Å². The van der Waals surface area contributed by atoms with Crippen molar-refractivity contribution in [3.8, 4) is 0 Å². The van der Waals surface area contributed by atoms with Crippen LogP contribution in [0.3, 0.4) is 0 Å². The SMILES string of the molecule is CCC(=O)N1N=C(c2ccc(NS(C)(=O)=O)cc2)C[C@H]1c1ccc(F)cc1. The lowest BCUT2D eigenvalue weighted by molar-refractivity contribution is -0.132. The minimum atomic E-state index is -3.34. The molecule has 0 saturated carbocycles. The van der Waals surface area contributed by atoms with Gasteiger partial charge in [0.2, 0.25) is 15.9 Å². The molecule has 0 aromatic heterocycles. The van der Waals surface area contributed by atoms with Crippen LogP contribution in [0.25, 0.3) is 0 Å². The molecular weight excluding hydrogens is 369 g/mol. The summed E-state index contributed by atoms with van der Waals surface area (Å²) >= 11 is 0. The van der Waals surface area contributed by atoms with Crippen LogP contribution in [-0.4, -0.2) is 31.3 Å². The van der Waals surface area contributed by atoms with Gasteiger partial charge in [-0.1, -0.05) is 31.2 Å². The Morgan fingerprint density at radius 3 is 2.37 bits per heavy atom. The summed E-state index contributed by atoms with van der Waals surface area (Å²) < 4.78 is 38.3. The van der Waals surface area contributed by atoms with Crippen LogP contribution in [0.4, 0.5) is 10.1 Å². The predicted octanol–water partition coefficient (Wildman–Crippen LogP) is 3.28. The number of halogens is 1. The summed E-state index contributed by atoms with van der Waals surface area (Å²) in [5.41, 5.74) is 2.79. The van der Waals surface area contributed by atoms with E-state index in [0.717, 1.165) is 23.1 Å². The van der Waals surface area contributed by atoms with Gasteiger partial charge in [0.25, 0.3) is 0 Å². The minimum absolute atomic E-state index is 0.116. The minimum Gasteiger partial charge on any atom is -0.284 e. The number of benzene rings is 2. The zero-order valence-electron chi connectivity index (χ0n) is 15.0. The zero-order valence-corrected chi connectivity index (χ0v) is 15.8. The number of carbonyl (C=O) groups excluding carboxylic acids is 1. The summed E-state index contributed by atoms with van der Waals surface area (Å²) in [6.45, 7) is 1.77.